The van der Waals surface area contributed by atoms with Crippen molar-refractivity contribution in [3.63, 3.8) is 0 Å². The predicted molar refractivity (Wildman–Crippen MR) is 98.0 cm³/mol. The van der Waals surface area contributed by atoms with Gasteiger partial charge in [0.2, 0.25) is 0 Å². The van der Waals surface area contributed by atoms with Gasteiger partial charge >= 0.3 is 0 Å². The van der Waals surface area contributed by atoms with E-state index in [1.54, 1.807) is 0 Å². The smallest absolute Gasteiger partial charge is 0.117 e. The lowest BCUT2D eigenvalue weighted by molar-refractivity contribution is 0.421. The van der Waals surface area contributed by atoms with E-state index in [9.17, 15) is 5.11 Å². The Bertz CT molecular complexity index is 734. The number of rotatable bonds is 2. The second-order valence-corrected chi connectivity index (χ2v) is 7.26. The van der Waals surface area contributed by atoms with Gasteiger partial charge < -0.3 is 10.0 Å². The third kappa shape index (κ3) is 2.50. The van der Waals surface area contributed by atoms with Gasteiger partial charge in [0.15, 0.2) is 0 Å². The summed E-state index contributed by atoms with van der Waals surface area (Å²) in [4.78, 5) is 2.40. The quantitative estimate of drug-likeness (QED) is 0.774. The second-order valence-electron chi connectivity index (χ2n) is 7.26. The highest BCUT2D eigenvalue weighted by Crippen LogP contribution is 2.48. The molecule has 0 atom stereocenters. The van der Waals surface area contributed by atoms with E-state index in [0.717, 1.165) is 30.5 Å². The van der Waals surface area contributed by atoms with Gasteiger partial charge in [0.25, 0.3) is 0 Å². The molecule has 23 heavy (non-hydrogen) atoms. The van der Waals surface area contributed by atoms with E-state index in [4.69, 9.17) is 0 Å². The van der Waals surface area contributed by atoms with Crippen molar-refractivity contribution < 1.29 is 5.11 Å². The number of nitrogens with zero attached hydrogens (tertiary/aromatic N) is 1. The Morgan fingerprint density at radius 3 is 2.52 bits per heavy atom. The number of aliphatic hydroxyl groups excluding tert-OH is 1. The van der Waals surface area contributed by atoms with Crippen molar-refractivity contribution in [1.82, 2.24) is 0 Å². The van der Waals surface area contributed by atoms with Gasteiger partial charge in [-0.25, -0.2) is 0 Å². The molecule has 2 heteroatoms. The molecule has 2 aliphatic rings. The van der Waals surface area contributed by atoms with E-state index >= 15 is 0 Å². The third-order valence-corrected chi connectivity index (χ3v) is 5.28. The van der Waals surface area contributed by atoms with Crippen LogP contribution < -0.4 is 4.90 Å². The lowest BCUT2D eigenvalue weighted by Gasteiger charge is -2.26. The predicted octanol–water partition coefficient (Wildman–Crippen LogP) is 5.55. The monoisotopic (exact) mass is 309 g/mol. The molecule has 1 N–H and O–H groups in total. The summed E-state index contributed by atoms with van der Waals surface area (Å²) < 4.78 is 0. The number of likely N-dealkylation sites (N-methyl/N-ethyl adjacent to an activating group) is 1. The molecule has 0 fully saturated rings. The van der Waals surface area contributed by atoms with Crippen molar-refractivity contribution in [3.05, 3.63) is 64.1 Å². The van der Waals surface area contributed by atoms with E-state index in [1.807, 2.05) is 6.92 Å². The fourth-order valence-corrected chi connectivity index (χ4v) is 3.80. The van der Waals surface area contributed by atoms with Gasteiger partial charge in [0, 0.05) is 23.3 Å². The summed E-state index contributed by atoms with van der Waals surface area (Å²) in [5.41, 5.74) is 7.48. The molecule has 1 heterocycles. The standard InChI is InChI=1S/C21H27NO/c1-6-22-18-11-7-14(2)13-17(18)21(4,5)19(22)12-10-16-9-8-15(3)20(16)23/h7,10-13,23H,6,8-9H2,1-5H3/b16-10+,19-12+. The maximum atomic E-state index is 10.2. The average molecular weight is 309 g/mol. The largest absolute Gasteiger partial charge is 0.508 e. The molecule has 0 bridgehead atoms. The molecule has 122 valence electrons. The van der Waals surface area contributed by atoms with Crippen molar-refractivity contribution in [2.24, 2.45) is 0 Å². The number of allylic oxidation sites excluding steroid dienone is 5. The molecule has 0 spiro atoms. The molecular weight excluding hydrogens is 282 g/mol. The first-order valence-electron chi connectivity index (χ1n) is 8.55. The lowest BCUT2D eigenvalue weighted by atomic mass is 9.83. The number of benzene rings is 1. The van der Waals surface area contributed by atoms with Crippen LogP contribution in [0, 0.1) is 6.92 Å². The van der Waals surface area contributed by atoms with Crippen LogP contribution >= 0.6 is 0 Å². The van der Waals surface area contributed by atoms with Crippen LogP contribution in [0.5, 0.6) is 0 Å². The number of aliphatic hydroxyl groups is 1. The lowest BCUT2D eigenvalue weighted by Crippen LogP contribution is -2.25. The first kappa shape index (κ1) is 15.9. The zero-order valence-corrected chi connectivity index (χ0v) is 14.9. The summed E-state index contributed by atoms with van der Waals surface area (Å²) in [5, 5.41) is 10.2. The number of hydrogen-bond acceptors (Lipinski definition) is 2. The SMILES string of the molecule is CCN1/C(=C/C=C2\CCC(C)=C2O)C(C)(C)c2cc(C)ccc21. The molecule has 0 unspecified atom stereocenters. The average Bonchev–Trinajstić information content (AvgIpc) is 2.93. The van der Waals surface area contributed by atoms with Gasteiger partial charge in [0.1, 0.15) is 5.76 Å². The highest BCUT2D eigenvalue weighted by atomic mass is 16.3. The molecule has 3 rings (SSSR count). The number of anilines is 1. The molecule has 0 saturated heterocycles. The molecule has 1 aliphatic heterocycles. The van der Waals surface area contributed by atoms with Gasteiger partial charge in [-0.1, -0.05) is 37.6 Å². The highest BCUT2D eigenvalue weighted by molar-refractivity contribution is 5.71. The first-order chi connectivity index (χ1) is 10.9. The van der Waals surface area contributed by atoms with Crippen LogP contribution in [0.15, 0.2) is 53.0 Å². The normalized spacial score (nSPS) is 23.3. The molecule has 0 saturated carbocycles. The summed E-state index contributed by atoms with van der Waals surface area (Å²) in [6, 6.07) is 6.73. The molecule has 2 nitrogen and oxygen atoms in total. The van der Waals surface area contributed by atoms with Crippen molar-refractivity contribution >= 4 is 5.69 Å². The summed E-state index contributed by atoms with van der Waals surface area (Å²) >= 11 is 0. The van der Waals surface area contributed by atoms with Gasteiger partial charge in [-0.15, -0.1) is 0 Å². The maximum absolute atomic E-state index is 10.2. The van der Waals surface area contributed by atoms with Crippen LogP contribution in [-0.2, 0) is 5.41 Å². The van der Waals surface area contributed by atoms with Crippen LogP contribution in [0.3, 0.4) is 0 Å². The van der Waals surface area contributed by atoms with Crippen LogP contribution in [0.4, 0.5) is 5.69 Å². The summed E-state index contributed by atoms with van der Waals surface area (Å²) in [7, 11) is 0. The minimum Gasteiger partial charge on any atom is -0.508 e. The maximum Gasteiger partial charge on any atom is 0.117 e. The molecule has 1 aromatic rings. The molecule has 1 aliphatic carbocycles. The Morgan fingerprint density at radius 2 is 1.91 bits per heavy atom. The van der Waals surface area contributed by atoms with E-state index in [0.29, 0.717) is 5.76 Å². The van der Waals surface area contributed by atoms with Gasteiger partial charge in [-0.05, 0) is 62.5 Å². The fourth-order valence-electron chi connectivity index (χ4n) is 3.80. The van der Waals surface area contributed by atoms with Crippen LogP contribution in [0.1, 0.15) is 51.7 Å². The summed E-state index contributed by atoms with van der Waals surface area (Å²) in [5.74, 6) is 0.495. The molecule has 1 aromatic carbocycles. The Hall–Kier alpha value is -1.96. The minimum absolute atomic E-state index is 0.0125. The van der Waals surface area contributed by atoms with Gasteiger partial charge in [0.05, 0.1) is 0 Å². The van der Waals surface area contributed by atoms with Crippen LogP contribution in [0.2, 0.25) is 0 Å². The van der Waals surface area contributed by atoms with Crippen molar-refractivity contribution in [2.75, 3.05) is 11.4 Å². The van der Waals surface area contributed by atoms with Crippen molar-refractivity contribution in [1.29, 1.82) is 0 Å². The van der Waals surface area contributed by atoms with Gasteiger partial charge in [-0.3, -0.25) is 0 Å². The van der Waals surface area contributed by atoms with E-state index in [2.05, 4.69) is 62.9 Å². The fraction of sp³-hybridized carbons (Fsp3) is 0.429. The number of aryl methyl sites for hydroxylation is 1. The van der Waals surface area contributed by atoms with Crippen LogP contribution in [0.25, 0.3) is 0 Å². The minimum atomic E-state index is -0.0125. The van der Waals surface area contributed by atoms with Crippen molar-refractivity contribution in [2.45, 2.75) is 52.9 Å². The topological polar surface area (TPSA) is 23.5 Å². The zero-order valence-electron chi connectivity index (χ0n) is 14.9. The Labute approximate surface area is 139 Å². The Balaban J connectivity index is 2.06. The molecular formula is C21H27NO. The van der Waals surface area contributed by atoms with Crippen molar-refractivity contribution in [3.8, 4) is 0 Å². The van der Waals surface area contributed by atoms with Crippen LogP contribution in [-0.4, -0.2) is 11.7 Å². The summed E-state index contributed by atoms with van der Waals surface area (Å²) in [6.45, 7) is 11.9. The number of fused-ring (bicyclic) bond motifs is 1. The second kappa shape index (κ2) is 5.59. The Morgan fingerprint density at radius 1 is 1.17 bits per heavy atom. The first-order valence-corrected chi connectivity index (χ1v) is 8.55. The van der Waals surface area contributed by atoms with E-state index < -0.39 is 0 Å². The van der Waals surface area contributed by atoms with E-state index in [1.165, 1.54) is 22.5 Å². The number of hydrogen-bond donors (Lipinski definition) is 1. The van der Waals surface area contributed by atoms with Gasteiger partial charge in [-0.2, -0.15) is 0 Å². The third-order valence-electron chi connectivity index (χ3n) is 5.28. The van der Waals surface area contributed by atoms with E-state index in [-0.39, 0.29) is 5.41 Å². The summed E-state index contributed by atoms with van der Waals surface area (Å²) in [6.07, 6.45) is 6.24. The molecule has 0 radical (unpaired) electrons. The Kier molecular flexibility index (Phi) is 3.87. The molecule has 0 amide bonds. The zero-order chi connectivity index (χ0) is 16.8. The highest BCUT2D eigenvalue weighted by Gasteiger charge is 2.39. The molecule has 0 aromatic heterocycles.